The van der Waals surface area contributed by atoms with Crippen LogP contribution in [0, 0.1) is 10.8 Å². The fourth-order valence-electron chi connectivity index (χ4n) is 2.41. The van der Waals surface area contributed by atoms with Crippen LogP contribution in [0.3, 0.4) is 0 Å². The van der Waals surface area contributed by atoms with Crippen LogP contribution in [0.5, 0.6) is 0 Å². The van der Waals surface area contributed by atoms with Crippen LogP contribution in [0.1, 0.15) is 41.5 Å². The number of amides is 1. The molecule has 0 saturated carbocycles. The smallest absolute Gasteiger partial charge is 0.236 e. The zero-order valence-electron chi connectivity index (χ0n) is 14.4. The first-order chi connectivity index (χ1) is 10.1. The first-order valence-electron chi connectivity index (χ1n) is 7.33. The van der Waals surface area contributed by atoms with Gasteiger partial charge in [0.2, 0.25) is 5.91 Å². The van der Waals surface area contributed by atoms with Gasteiger partial charge in [-0.1, -0.05) is 41.5 Å². The summed E-state index contributed by atoms with van der Waals surface area (Å²) in [6.45, 7) is 11.3. The second-order valence-corrected chi connectivity index (χ2v) is 11.3. The van der Waals surface area contributed by atoms with E-state index in [9.17, 15) is 22.2 Å². The molecule has 2 aliphatic rings. The van der Waals surface area contributed by atoms with Crippen LogP contribution in [-0.2, 0) is 30.4 Å². The molecule has 2 heterocycles. The molecule has 0 aliphatic carbocycles. The number of hydrogen-bond donors (Lipinski definition) is 2. The van der Waals surface area contributed by atoms with Gasteiger partial charge in [0.15, 0.2) is 15.6 Å². The number of Topliss-reactive ketones (excluding diaryl/α,β-unsaturated/α-hetero) is 1. The molecule has 0 aromatic carbocycles. The van der Waals surface area contributed by atoms with Crippen LogP contribution in [-0.4, -0.2) is 47.2 Å². The van der Waals surface area contributed by atoms with Gasteiger partial charge < -0.3 is 5.32 Å². The Bertz CT molecular complexity index is 614. The quantitative estimate of drug-likeness (QED) is 0.634. The van der Waals surface area contributed by atoms with Gasteiger partial charge in [-0.25, -0.2) is 17.3 Å². The zero-order chi connectivity index (χ0) is 18.2. The molecule has 0 bridgehead atoms. The Hall–Kier alpha value is -0.800. The highest BCUT2D eigenvalue weighted by Crippen LogP contribution is 2.27. The fraction of sp³-hybridized carbons (Fsp3) is 0.857. The van der Waals surface area contributed by atoms with Gasteiger partial charge in [0.05, 0.1) is 22.8 Å². The molecule has 3 atom stereocenters. The van der Waals surface area contributed by atoms with Gasteiger partial charge in [0.1, 0.15) is 11.1 Å². The minimum absolute atomic E-state index is 0.0656. The molecular formula is C14H26N2O5S2. The van der Waals surface area contributed by atoms with E-state index >= 15 is 0 Å². The van der Waals surface area contributed by atoms with Crippen LogP contribution in [0.25, 0.3) is 0 Å². The SMILES string of the molecule is CC(C)(C)C1NC(=O)CS1(=O)=O.CC(C)(C)C1NS(=O)CC1=O. The highest BCUT2D eigenvalue weighted by molar-refractivity contribution is 7.93. The maximum Gasteiger partial charge on any atom is 0.236 e. The maximum absolute atomic E-state index is 11.3. The van der Waals surface area contributed by atoms with Crippen LogP contribution in [0.2, 0.25) is 0 Å². The molecule has 134 valence electrons. The standard InChI is InChI=1S/C7H13NO3S.C7H13NO2S/c1-7(2,3)6-8-5(9)4-12(6,10)11;1-7(2,3)6-5(9)4-11(10)8-6/h6H,4H2,1-3H3,(H,8,9);6,8H,4H2,1-3H3. The molecule has 9 heteroatoms. The van der Waals surface area contributed by atoms with E-state index in [0.29, 0.717) is 0 Å². The van der Waals surface area contributed by atoms with Gasteiger partial charge >= 0.3 is 0 Å². The summed E-state index contributed by atoms with van der Waals surface area (Å²) in [6.07, 6.45) is 0. The van der Waals surface area contributed by atoms with Crippen molar-refractivity contribution in [2.75, 3.05) is 11.5 Å². The predicted molar refractivity (Wildman–Crippen MR) is 89.6 cm³/mol. The minimum Gasteiger partial charge on any atom is -0.338 e. The van der Waals surface area contributed by atoms with E-state index in [1.165, 1.54) is 0 Å². The number of rotatable bonds is 0. The molecule has 23 heavy (non-hydrogen) atoms. The predicted octanol–water partition coefficient (Wildman–Crippen LogP) is 0.140. The average molecular weight is 367 g/mol. The molecule has 0 spiro atoms. The van der Waals surface area contributed by atoms with Gasteiger partial charge in [-0.2, -0.15) is 0 Å². The second-order valence-electron chi connectivity index (χ2n) is 7.99. The normalized spacial score (nSPS) is 30.6. The van der Waals surface area contributed by atoms with E-state index in [4.69, 9.17) is 0 Å². The van der Waals surface area contributed by atoms with Gasteiger partial charge in [0, 0.05) is 0 Å². The molecule has 1 amide bonds. The van der Waals surface area contributed by atoms with Crippen molar-refractivity contribution in [1.82, 2.24) is 10.0 Å². The Morgan fingerprint density at radius 3 is 1.74 bits per heavy atom. The number of nitrogens with one attached hydrogen (secondary N) is 2. The Morgan fingerprint density at radius 1 is 1.04 bits per heavy atom. The van der Waals surface area contributed by atoms with Crippen LogP contribution in [0.15, 0.2) is 0 Å². The van der Waals surface area contributed by atoms with Gasteiger partial charge in [-0.3, -0.25) is 9.59 Å². The highest BCUT2D eigenvalue weighted by atomic mass is 32.2. The lowest BCUT2D eigenvalue weighted by atomic mass is 9.85. The summed E-state index contributed by atoms with van der Waals surface area (Å²) >= 11 is 0. The third-order valence-corrected chi connectivity index (χ3v) is 6.73. The summed E-state index contributed by atoms with van der Waals surface area (Å²) in [5, 5.41) is 1.73. The van der Waals surface area contributed by atoms with E-state index in [1.54, 1.807) is 20.8 Å². The Balaban J connectivity index is 0.000000231. The largest absolute Gasteiger partial charge is 0.338 e. The third-order valence-electron chi connectivity index (χ3n) is 3.48. The lowest BCUT2D eigenvalue weighted by molar-refractivity contribution is -0.120. The molecule has 2 rings (SSSR count). The van der Waals surface area contributed by atoms with E-state index in [0.717, 1.165) is 0 Å². The molecule has 0 aromatic heterocycles. The van der Waals surface area contributed by atoms with Crippen molar-refractivity contribution in [3.8, 4) is 0 Å². The number of carbonyl (C=O) groups excluding carboxylic acids is 2. The number of ketones is 1. The van der Waals surface area contributed by atoms with Gasteiger partial charge in [-0.15, -0.1) is 0 Å². The topological polar surface area (TPSA) is 109 Å². The number of carbonyl (C=O) groups is 2. The molecule has 2 fully saturated rings. The molecular weight excluding hydrogens is 340 g/mol. The Morgan fingerprint density at radius 2 is 1.57 bits per heavy atom. The third kappa shape index (κ3) is 5.36. The number of hydrogen-bond acceptors (Lipinski definition) is 5. The van der Waals surface area contributed by atoms with Crippen LogP contribution >= 0.6 is 0 Å². The summed E-state index contributed by atoms with van der Waals surface area (Å²) in [6, 6.07) is -0.233. The molecule has 3 unspecified atom stereocenters. The van der Waals surface area contributed by atoms with Crippen molar-refractivity contribution >= 4 is 32.5 Å². The lowest BCUT2D eigenvalue weighted by Gasteiger charge is -2.25. The second kappa shape index (κ2) is 6.60. The first kappa shape index (κ1) is 20.2. The molecule has 2 N–H and O–H groups in total. The summed E-state index contributed by atoms with van der Waals surface area (Å²) in [5.74, 6) is -0.526. The van der Waals surface area contributed by atoms with Crippen LogP contribution < -0.4 is 10.0 Å². The summed E-state index contributed by atoms with van der Waals surface area (Å²) in [7, 11) is -4.38. The fourth-order valence-corrected chi connectivity index (χ4v) is 5.67. The monoisotopic (exact) mass is 366 g/mol. The van der Waals surface area contributed by atoms with Crippen molar-refractivity contribution in [2.24, 2.45) is 10.8 Å². The molecule has 7 nitrogen and oxygen atoms in total. The van der Waals surface area contributed by atoms with Crippen molar-refractivity contribution < 1.29 is 22.2 Å². The van der Waals surface area contributed by atoms with E-state index in [1.807, 2.05) is 20.8 Å². The van der Waals surface area contributed by atoms with Crippen molar-refractivity contribution in [2.45, 2.75) is 53.0 Å². The molecule has 2 aliphatic heterocycles. The first-order valence-corrected chi connectivity index (χ1v) is 10.4. The summed E-state index contributed by atoms with van der Waals surface area (Å²) in [5.41, 5.74) is -0.547. The van der Waals surface area contributed by atoms with Crippen LogP contribution in [0.4, 0.5) is 0 Å². The lowest BCUT2D eigenvalue weighted by Crippen LogP contribution is -2.40. The Labute approximate surface area is 140 Å². The Kier molecular flexibility index (Phi) is 5.81. The molecule has 0 radical (unpaired) electrons. The number of sulfone groups is 1. The molecule has 0 aromatic rings. The highest BCUT2D eigenvalue weighted by Gasteiger charge is 2.43. The van der Waals surface area contributed by atoms with Gasteiger partial charge in [-0.05, 0) is 10.8 Å². The zero-order valence-corrected chi connectivity index (χ0v) is 16.1. The minimum atomic E-state index is -3.25. The molecule has 2 saturated heterocycles. The van der Waals surface area contributed by atoms with E-state index < -0.39 is 37.5 Å². The van der Waals surface area contributed by atoms with E-state index in [-0.39, 0.29) is 28.7 Å². The maximum atomic E-state index is 11.3. The summed E-state index contributed by atoms with van der Waals surface area (Å²) in [4.78, 5) is 22.0. The van der Waals surface area contributed by atoms with Crippen molar-refractivity contribution in [3.05, 3.63) is 0 Å². The van der Waals surface area contributed by atoms with E-state index in [2.05, 4.69) is 10.0 Å². The van der Waals surface area contributed by atoms with Gasteiger partial charge in [0.25, 0.3) is 0 Å². The average Bonchev–Trinajstić information content (AvgIpc) is 2.77. The summed E-state index contributed by atoms with van der Waals surface area (Å²) < 4.78 is 36.3. The van der Waals surface area contributed by atoms with Crippen molar-refractivity contribution in [3.63, 3.8) is 0 Å². The van der Waals surface area contributed by atoms with Crippen molar-refractivity contribution in [1.29, 1.82) is 0 Å².